The van der Waals surface area contributed by atoms with Crippen LogP contribution in [0.4, 0.5) is 21.6 Å². The number of anilines is 3. The fourth-order valence-electron chi connectivity index (χ4n) is 1.75. The summed E-state index contributed by atoms with van der Waals surface area (Å²) in [6, 6.07) is 8.29. The van der Waals surface area contributed by atoms with E-state index in [0.717, 1.165) is 12.0 Å². The summed E-state index contributed by atoms with van der Waals surface area (Å²) >= 11 is 0. The van der Waals surface area contributed by atoms with Gasteiger partial charge in [0.15, 0.2) is 0 Å². The predicted molar refractivity (Wildman–Crippen MR) is 78.9 cm³/mol. The van der Waals surface area contributed by atoms with Crippen molar-refractivity contribution in [1.29, 1.82) is 0 Å². The zero-order valence-corrected chi connectivity index (χ0v) is 11.6. The second-order valence-corrected chi connectivity index (χ2v) is 4.50. The van der Waals surface area contributed by atoms with Gasteiger partial charge in [0.05, 0.1) is 18.0 Å². The highest BCUT2D eigenvalue weighted by molar-refractivity contribution is 5.63. The molecule has 106 valence electrons. The van der Waals surface area contributed by atoms with Crippen molar-refractivity contribution in [2.24, 2.45) is 0 Å². The summed E-state index contributed by atoms with van der Waals surface area (Å²) in [5.74, 6) is 0.545. The average Bonchev–Trinajstić information content (AvgIpc) is 2.43. The van der Waals surface area contributed by atoms with Crippen molar-refractivity contribution in [3.05, 3.63) is 41.7 Å². The standard InChI is InChI=1S/C15H18FN3O/c1-3-9-20-15-12(17)7-8-13(19-15)18-14-10(2)5-4-6-11(14)16/h4-8H,3,9,17H2,1-2H3,(H,18,19). The van der Waals surface area contributed by atoms with E-state index in [9.17, 15) is 4.39 Å². The number of nitrogens with zero attached hydrogens (tertiary/aromatic N) is 1. The van der Waals surface area contributed by atoms with Gasteiger partial charge in [-0.3, -0.25) is 0 Å². The van der Waals surface area contributed by atoms with E-state index in [1.54, 1.807) is 18.2 Å². The van der Waals surface area contributed by atoms with Crippen LogP contribution in [-0.2, 0) is 0 Å². The number of rotatable bonds is 5. The third kappa shape index (κ3) is 3.17. The Hall–Kier alpha value is -2.30. The number of ether oxygens (including phenoxy) is 1. The number of halogens is 1. The van der Waals surface area contributed by atoms with Gasteiger partial charge in [-0.25, -0.2) is 4.39 Å². The minimum atomic E-state index is -0.320. The molecule has 0 saturated heterocycles. The first-order valence-corrected chi connectivity index (χ1v) is 6.53. The number of benzene rings is 1. The summed E-state index contributed by atoms with van der Waals surface area (Å²) in [6.07, 6.45) is 0.866. The van der Waals surface area contributed by atoms with Crippen LogP contribution in [0.3, 0.4) is 0 Å². The van der Waals surface area contributed by atoms with Crippen molar-refractivity contribution < 1.29 is 9.13 Å². The zero-order valence-electron chi connectivity index (χ0n) is 11.6. The van der Waals surface area contributed by atoms with E-state index in [1.165, 1.54) is 6.07 Å². The largest absolute Gasteiger partial charge is 0.476 e. The monoisotopic (exact) mass is 275 g/mol. The summed E-state index contributed by atoms with van der Waals surface area (Å²) in [4.78, 5) is 4.26. The topological polar surface area (TPSA) is 60.2 Å². The lowest BCUT2D eigenvalue weighted by Gasteiger charge is -2.12. The van der Waals surface area contributed by atoms with E-state index in [0.29, 0.717) is 29.7 Å². The molecule has 0 aliphatic rings. The van der Waals surface area contributed by atoms with E-state index in [1.807, 2.05) is 19.9 Å². The van der Waals surface area contributed by atoms with Crippen LogP contribution >= 0.6 is 0 Å². The van der Waals surface area contributed by atoms with Crippen molar-refractivity contribution >= 4 is 17.2 Å². The fourth-order valence-corrected chi connectivity index (χ4v) is 1.75. The molecule has 0 atom stereocenters. The maximum atomic E-state index is 13.8. The highest BCUT2D eigenvalue weighted by Crippen LogP contribution is 2.26. The van der Waals surface area contributed by atoms with Crippen LogP contribution in [0.15, 0.2) is 30.3 Å². The SMILES string of the molecule is CCCOc1nc(Nc2c(C)cccc2F)ccc1N. The van der Waals surface area contributed by atoms with Gasteiger partial charge in [-0.05, 0) is 37.1 Å². The number of pyridine rings is 1. The maximum absolute atomic E-state index is 13.8. The molecular formula is C15H18FN3O. The van der Waals surface area contributed by atoms with Crippen LogP contribution in [0.25, 0.3) is 0 Å². The molecule has 20 heavy (non-hydrogen) atoms. The van der Waals surface area contributed by atoms with Crippen molar-refractivity contribution in [2.75, 3.05) is 17.7 Å². The Morgan fingerprint density at radius 2 is 2.10 bits per heavy atom. The number of para-hydroxylation sites is 1. The fraction of sp³-hybridized carbons (Fsp3) is 0.267. The smallest absolute Gasteiger partial charge is 0.239 e. The highest BCUT2D eigenvalue weighted by Gasteiger charge is 2.08. The summed E-state index contributed by atoms with van der Waals surface area (Å²) in [6.45, 7) is 4.37. The van der Waals surface area contributed by atoms with Gasteiger partial charge in [0.25, 0.3) is 0 Å². The molecule has 2 rings (SSSR count). The van der Waals surface area contributed by atoms with Gasteiger partial charge < -0.3 is 15.8 Å². The molecule has 5 heteroatoms. The molecule has 1 aromatic carbocycles. The first kappa shape index (κ1) is 14.1. The van der Waals surface area contributed by atoms with Gasteiger partial charge in [-0.15, -0.1) is 0 Å². The Morgan fingerprint density at radius 3 is 2.80 bits per heavy atom. The third-order valence-electron chi connectivity index (χ3n) is 2.81. The van der Waals surface area contributed by atoms with E-state index >= 15 is 0 Å². The summed E-state index contributed by atoms with van der Waals surface area (Å²) in [5, 5.41) is 2.96. The van der Waals surface area contributed by atoms with Crippen molar-refractivity contribution in [1.82, 2.24) is 4.98 Å². The first-order valence-electron chi connectivity index (χ1n) is 6.53. The molecule has 1 aromatic heterocycles. The van der Waals surface area contributed by atoms with Crippen LogP contribution in [-0.4, -0.2) is 11.6 Å². The van der Waals surface area contributed by atoms with Gasteiger partial charge in [-0.2, -0.15) is 4.98 Å². The Labute approximate surface area is 117 Å². The summed E-state index contributed by atoms with van der Waals surface area (Å²) < 4.78 is 19.2. The second kappa shape index (κ2) is 6.23. The van der Waals surface area contributed by atoms with E-state index in [2.05, 4.69) is 10.3 Å². The highest BCUT2D eigenvalue weighted by atomic mass is 19.1. The Balaban J connectivity index is 2.25. The Morgan fingerprint density at radius 1 is 1.30 bits per heavy atom. The maximum Gasteiger partial charge on any atom is 0.239 e. The lowest BCUT2D eigenvalue weighted by Crippen LogP contribution is -2.04. The summed E-state index contributed by atoms with van der Waals surface area (Å²) in [5.41, 5.74) is 7.47. The molecule has 1 heterocycles. The van der Waals surface area contributed by atoms with E-state index < -0.39 is 0 Å². The molecule has 0 unspecified atom stereocenters. The van der Waals surface area contributed by atoms with Crippen LogP contribution in [0.1, 0.15) is 18.9 Å². The molecule has 0 radical (unpaired) electrons. The lowest BCUT2D eigenvalue weighted by molar-refractivity contribution is 0.307. The van der Waals surface area contributed by atoms with Gasteiger partial charge in [-0.1, -0.05) is 19.1 Å². The van der Waals surface area contributed by atoms with Gasteiger partial charge in [0.1, 0.15) is 11.6 Å². The Kier molecular flexibility index (Phi) is 4.40. The molecule has 0 aliphatic heterocycles. The van der Waals surface area contributed by atoms with Crippen LogP contribution in [0, 0.1) is 12.7 Å². The first-order chi connectivity index (χ1) is 9.61. The third-order valence-corrected chi connectivity index (χ3v) is 2.81. The zero-order chi connectivity index (χ0) is 14.5. The van der Waals surface area contributed by atoms with E-state index in [4.69, 9.17) is 10.5 Å². The normalized spacial score (nSPS) is 10.3. The van der Waals surface area contributed by atoms with Crippen molar-refractivity contribution in [2.45, 2.75) is 20.3 Å². The van der Waals surface area contributed by atoms with Crippen LogP contribution < -0.4 is 15.8 Å². The molecule has 0 spiro atoms. The van der Waals surface area contributed by atoms with Crippen LogP contribution in [0.2, 0.25) is 0 Å². The second-order valence-electron chi connectivity index (χ2n) is 4.50. The average molecular weight is 275 g/mol. The number of nitrogens with one attached hydrogen (secondary N) is 1. The summed E-state index contributed by atoms with van der Waals surface area (Å²) in [7, 11) is 0. The molecule has 0 fully saturated rings. The van der Waals surface area contributed by atoms with E-state index in [-0.39, 0.29) is 5.82 Å². The molecule has 0 saturated carbocycles. The van der Waals surface area contributed by atoms with Crippen molar-refractivity contribution in [3.63, 3.8) is 0 Å². The van der Waals surface area contributed by atoms with Crippen molar-refractivity contribution in [3.8, 4) is 5.88 Å². The molecule has 4 nitrogen and oxygen atoms in total. The molecule has 3 N–H and O–H groups in total. The molecule has 0 bridgehead atoms. The molecule has 0 aliphatic carbocycles. The molecule has 2 aromatic rings. The molecular weight excluding hydrogens is 257 g/mol. The number of hydrogen-bond donors (Lipinski definition) is 2. The van der Waals surface area contributed by atoms with Crippen LogP contribution in [0.5, 0.6) is 5.88 Å². The number of aryl methyl sites for hydroxylation is 1. The predicted octanol–water partition coefficient (Wildman–Crippen LogP) is 3.64. The Bertz CT molecular complexity index is 581. The number of nitrogen functional groups attached to an aromatic ring is 1. The van der Waals surface area contributed by atoms with Gasteiger partial charge >= 0.3 is 0 Å². The molecule has 0 amide bonds. The quantitative estimate of drug-likeness (QED) is 0.874. The number of nitrogens with two attached hydrogens (primary N) is 1. The number of aromatic nitrogens is 1. The minimum absolute atomic E-state index is 0.320. The number of hydrogen-bond acceptors (Lipinski definition) is 4. The minimum Gasteiger partial charge on any atom is -0.476 e. The van der Waals surface area contributed by atoms with Gasteiger partial charge in [0, 0.05) is 0 Å². The van der Waals surface area contributed by atoms with Gasteiger partial charge in [0.2, 0.25) is 5.88 Å². The lowest BCUT2D eigenvalue weighted by atomic mass is 10.2.